The minimum atomic E-state index is -0.865. The van der Waals surface area contributed by atoms with E-state index in [9.17, 15) is 9.59 Å². The third kappa shape index (κ3) is 9.08. The van der Waals surface area contributed by atoms with Crippen LogP contribution in [0.5, 0.6) is 5.75 Å². The lowest BCUT2D eigenvalue weighted by Gasteiger charge is -2.09. The largest absolute Gasteiger partial charge is 0.490 e. The van der Waals surface area contributed by atoms with Gasteiger partial charge in [0.2, 0.25) is 0 Å². The Morgan fingerprint density at radius 2 is 1.85 bits per heavy atom. The molecule has 2 N–H and O–H groups in total. The predicted octanol–water partition coefficient (Wildman–Crippen LogP) is 3.16. The van der Waals surface area contributed by atoms with Gasteiger partial charge in [0.25, 0.3) is 0 Å². The normalized spacial score (nSPS) is 11.0. The summed E-state index contributed by atoms with van der Waals surface area (Å²) < 4.78 is 10.8. The molecule has 1 aromatic carbocycles. The second kappa shape index (κ2) is 12.5. The Bertz CT molecular complexity index is 643. The molecule has 0 saturated carbocycles. The van der Waals surface area contributed by atoms with Crippen LogP contribution in [0.15, 0.2) is 17.2 Å². The number of halogens is 2. The highest BCUT2D eigenvalue weighted by Crippen LogP contribution is 2.33. The lowest BCUT2D eigenvalue weighted by Crippen LogP contribution is -2.38. The van der Waals surface area contributed by atoms with Crippen LogP contribution >= 0.6 is 23.2 Å². The highest BCUT2D eigenvalue weighted by atomic mass is 35.5. The molecule has 150 valence electrons. The average Bonchev–Trinajstić information content (AvgIpc) is 2.60. The van der Waals surface area contributed by atoms with Crippen LogP contribution in [0.3, 0.4) is 0 Å². The summed E-state index contributed by atoms with van der Waals surface area (Å²) in [6.45, 7) is 7.18. The molecule has 0 spiro atoms. The van der Waals surface area contributed by atoms with E-state index in [1.54, 1.807) is 12.1 Å². The van der Waals surface area contributed by atoms with Crippen molar-refractivity contribution in [1.82, 2.24) is 10.7 Å². The highest BCUT2D eigenvalue weighted by Gasteiger charge is 2.12. The SMILES string of the molecule is CCCOc1c(Cl)cc(/C=N\NC(=O)C(=O)NCCCOC(C)C)cc1Cl. The van der Waals surface area contributed by atoms with Crippen molar-refractivity contribution in [3.63, 3.8) is 0 Å². The van der Waals surface area contributed by atoms with Crippen molar-refractivity contribution < 1.29 is 19.1 Å². The smallest absolute Gasteiger partial charge is 0.329 e. The fourth-order valence-corrected chi connectivity index (χ4v) is 2.50. The quantitative estimate of drug-likeness (QED) is 0.264. The van der Waals surface area contributed by atoms with Crippen LogP contribution in [0, 0.1) is 0 Å². The standard InChI is InChI=1S/C18H25Cl2N3O4/c1-4-7-27-16-14(19)9-13(10-15(16)20)11-22-23-18(25)17(24)21-6-5-8-26-12(2)3/h9-12H,4-8H2,1-3H3,(H,21,24)(H,23,25)/b22-11-. The number of ether oxygens (including phenoxy) is 2. The van der Waals surface area contributed by atoms with E-state index in [2.05, 4.69) is 15.8 Å². The van der Waals surface area contributed by atoms with E-state index in [0.717, 1.165) is 6.42 Å². The molecule has 0 saturated heterocycles. The Hall–Kier alpha value is -1.83. The maximum absolute atomic E-state index is 11.7. The van der Waals surface area contributed by atoms with Crippen molar-refractivity contribution >= 4 is 41.2 Å². The number of carbonyl (C=O) groups is 2. The Labute approximate surface area is 169 Å². The molecule has 9 heteroatoms. The molecule has 0 aliphatic carbocycles. The number of rotatable bonds is 10. The van der Waals surface area contributed by atoms with E-state index in [1.807, 2.05) is 20.8 Å². The van der Waals surface area contributed by atoms with Gasteiger partial charge in [-0.3, -0.25) is 9.59 Å². The summed E-state index contributed by atoms with van der Waals surface area (Å²) >= 11 is 12.3. The highest BCUT2D eigenvalue weighted by molar-refractivity contribution is 6.37. The fourth-order valence-electron chi connectivity index (χ4n) is 1.89. The van der Waals surface area contributed by atoms with Crippen molar-refractivity contribution in [3.05, 3.63) is 27.7 Å². The first kappa shape index (κ1) is 23.2. The number of hydrazone groups is 1. The summed E-state index contributed by atoms with van der Waals surface area (Å²) in [5.41, 5.74) is 2.70. The van der Waals surface area contributed by atoms with Gasteiger partial charge < -0.3 is 14.8 Å². The van der Waals surface area contributed by atoms with Gasteiger partial charge in [0.05, 0.1) is 29.0 Å². The molecule has 0 heterocycles. The van der Waals surface area contributed by atoms with Crippen LogP contribution in [0.4, 0.5) is 0 Å². The molecule has 0 atom stereocenters. The molecular formula is C18H25Cl2N3O4. The Morgan fingerprint density at radius 1 is 1.19 bits per heavy atom. The van der Waals surface area contributed by atoms with Gasteiger partial charge in [-0.25, -0.2) is 5.43 Å². The first-order chi connectivity index (χ1) is 12.8. The molecule has 1 aromatic rings. The van der Waals surface area contributed by atoms with E-state index in [1.165, 1.54) is 6.21 Å². The third-order valence-electron chi connectivity index (χ3n) is 3.11. The molecule has 1 rings (SSSR count). The van der Waals surface area contributed by atoms with Gasteiger partial charge in [-0.1, -0.05) is 30.1 Å². The van der Waals surface area contributed by atoms with Crippen LogP contribution in [-0.2, 0) is 14.3 Å². The molecule has 0 bridgehead atoms. The van der Waals surface area contributed by atoms with Gasteiger partial charge in [-0.15, -0.1) is 0 Å². The van der Waals surface area contributed by atoms with Gasteiger partial charge in [0, 0.05) is 13.2 Å². The van der Waals surface area contributed by atoms with E-state index in [-0.39, 0.29) is 6.10 Å². The molecule has 0 radical (unpaired) electrons. The van der Waals surface area contributed by atoms with Crippen molar-refractivity contribution in [2.24, 2.45) is 5.10 Å². The van der Waals surface area contributed by atoms with Crippen molar-refractivity contribution in [2.45, 2.75) is 39.7 Å². The van der Waals surface area contributed by atoms with Crippen molar-refractivity contribution in [2.75, 3.05) is 19.8 Å². The second-order valence-electron chi connectivity index (χ2n) is 5.89. The number of hydrogen-bond acceptors (Lipinski definition) is 5. The van der Waals surface area contributed by atoms with Gasteiger partial charge in [0.1, 0.15) is 0 Å². The van der Waals surface area contributed by atoms with Crippen molar-refractivity contribution in [3.8, 4) is 5.75 Å². The average molecular weight is 418 g/mol. The molecule has 0 unspecified atom stereocenters. The number of nitrogens with zero attached hydrogens (tertiary/aromatic N) is 1. The summed E-state index contributed by atoms with van der Waals surface area (Å²) in [4.78, 5) is 23.3. The monoisotopic (exact) mass is 417 g/mol. The number of benzene rings is 1. The van der Waals surface area contributed by atoms with Crippen LogP contribution in [-0.4, -0.2) is 43.9 Å². The van der Waals surface area contributed by atoms with Crippen molar-refractivity contribution in [1.29, 1.82) is 0 Å². The lowest BCUT2D eigenvalue weighted by atomic mass is 10.2. The zero-order valence-electron chi connectivity index (χ0n) is 15.7. The summed E-state index contributed by atoms with van der Waals surface area (Å²) in [5.74, 6) is -1.23. The molecule has 0 aliphatic rings. The van der Waals surface area contributed by atoms with Crippen LogP contribution in [0.25, 0.3) is 0 Å². The maximum Gasteiger partial charge on any atom is 0.329 e. The Morgan fingerprint density at radius 3 is 2.44 bits per heavy atom. The molecule has 0 aliphatic heterocycles. The van der Waals surface area contributed by atoms with E-state index >= 15 is 0 Å². The molecule has 0 aromatic heterocycles. The van der Waals surface area contributed by atoms with Gasteiger partial charge >= 0.3 is 11.8 Å². The van der Waals surface area contributed by atoms with Crippen LogP contribution < -0.4 is 15.5 Å². The summed E-state index contributed by atoms with van der Waals surface area (Å²) in [7, 11) is 0. The number of nitrogens with one attached hydrogen (secondary N) is 2. The molecule has 2 amide bonds. The topological polar surface area (TPSA) is 89.0 Å². The second-order valence-corrected chi connectivity index (χ2v) is 6.70. The minimum absolute atomic E-state index is 0.132. The molecule has 0 fully saturated rings. The lowest BCUT2D eigenvalue weighted by molar-refractivity contribution is -0.139. The minimum Gasteiger partial charge on any atom is -0.490 e. The molecule has 27 heavy (non-hydrogen) atoms. The van der Waals surface area contributed by atoms with E-state index in [4.69, 9.17) is 32.7 Å². The summed E-state index contributed by atoms with van der Waals surface area (Å²) in [6, 6.07) is 3.20. The Balaban J connectivity index is 2.46. The summed E-state index contributed by atoms with van der Waals surface area (Å²) in [5, 5.41) is 6.90. The molecular weight excluding hydrogens is 393 g/mol. The van der Waals surface area contributed by atoms with E-state index < -0.39 is 11.8 Å². The molecule has 7 nitrogen and oxygen atoms in total. The fraction of sp³-hybridized carbons (Fsp3) is 0.500. The number of hydrogen-bond donors (Lipinski definition) is 2. The van der Waals surface area contributed by atoms with Gasteiger partial charge in [-0.05, 0) is 44.4 Å². The Kier molecular flexibility index (Phi) is 10.8. The first-order valence-corrected chi connectivity index (χ1v) is 9.45. The van der Waals surface area contributed by atoms with Gasteiger partial charge in [0.15, 0.2) is 5.75 Å². The zero-order chi connectivity index (χ0) is 20.2. The summed E-state index contributed by atoms with van der Waals surface area (Å²) in [6.07, 6.45) is 2.91. The van der Waals surface area contributed by atoms with Crippen LogP contribution in [0.1, 0.15) is 39.2 Å². The van der Waals surface area contributed by atoms with Crippen LogP contribution in [0.2, 0.25) is 10.0 Å². The first-order valence-electron chi connectivity index (χ1n) is 8.69. The van der Waals surface area contributed by atoms with E-state index in [0.29, 0.717) is 47.5 Å². The number of carbonyl (C=O) groups excluding carboxylic acids is 2. The zero-order valence-corrected chi connectivity index (χ0v) is 17.2. The third-order valence-corrected chi connectivity index (χ3v) is 3.68. The number of amides is 2. The van der Waals surface area contributed by atoms with Gasteiger partial charge in [-0.2, -0.15) is 5.10 Å². The maximum atomic E-state index is 11.7. The predicted molar refractivity (Wildman–Crippen MR) is 107 cm³/mol.